The molecule has 6 nitrogen and oxygen atoms in total. The van der Waals surface area contributed by atoms with Crippen LogP contribution < -0.4 is 5.32 Å². The van der Waals surface area contributed by atoms with Crippen molar-refractivity contribution in [1.29, 1.82) is 0 Å². The predicted octanol–water partition coefficient (Wildman–Crippen LogP) is 1.98. The molecule has 0 bridgehead atoms. The SMILES string of the molecule is CN(C)S(=O)(=O)c1ccc(C(=O)NC2CCCCCC2)o1. The third kappa shape index (κ3) is 3.85. The van der Waals surface area contributed by atoms with Gasteiger partial charge < -0.3 is 9.73 Å². The summed E-state index contributed by atoms with van der Waals surface area (Å²) in [5.74, 6) is -0.304. The maximum Gasteiger partial charge on any atom is 0.287 e. The molecule has 1 saturated carbocycles. The van der Waals surface area contributed by atoms with Crippen molar-refractivity contribution in [1.82, 2.24) is 9.62 Å². The average molecular weight is 314 g/mol. The molecular weight excluding hydrogens is 292 g/mol. The van der Waals surface area contributed by atoms with Crippen LogP contribution in [0.15, 0.2) is 21.6 Å². The molecule has 118 valence electrons. The van der Waals surface area contributed by atoms with Crippen LogP contribution in [0.2, 0.25) is 0 Å². The van der Waals surface area contributed by atoms with Crippen molar-refractivity contribution >= 4 is 15.9 Å². The van der Waals surface area contributed by atoms with Crippen LogP contribution in [-0.4, -0.2) is 38.8 Å². The molecule has 1 aromatic heterocycles. The van der Waals surface area contributed by atoms with E-state index in [0.717, 1.165) is 30.0 Å². The predicted molar refractivity (Wildman–Crippen MR) is 78.5 cm³/mol. The summed E-state index contributed by atoms with van der Waals surface area (Å²) in [5.41, 5.74) is 0. The molecule has 1 amide bonds. The number of carbonyl (C=O) groups excluding carboxylic acids is 1. The van der Waals surface area contributed by atoms with Gasteiger partial charge in [0, 0.05) is 20.1 Å². The first kappa shape index (κ1) is 16.0. The Bertz CT molecular complexity index is 584. The Kier molecular flexibility index (Phi) is 5.05. The van der Waals surface area contributed by atoms with Gasteiger partial charge in [-0.1, -0.05) is 25.7 Å². The first-order valence-electron chi connectivity index (χ1n) is 7.24. The van der Waals surface area contributed by atoms with Gasteiger partial charge in [-0.05, 0) is 25.0 Å². The Morgan fingerprint density at radius 2 is 1.81 bits per heavy atom. The standard InChI is InChI=1S/C14H22N2O4S/c1-16(2)21(18,19)13-10-9-12(20-13)14(17)15-11-7-5-3-4-6-8-11/h9-11H,3-8H2,1-2H3,(H,15,17). The van der Waals surface area contributed by atoms with Crippen molar-refractivity contribution in [3.05, 3.63) is 17.9 Å². The third-order valence-electron chi connectivity index (χ3n) is 3.73. The van der Waals surface area contributed by atoms with Crippen molar-refractivity contribution < 1.29 is 17.6 Å². The molecule has 0 atom stereocenters. The van der Waals surface area contributed by atoms with Crippen LogP contribution in [0.1, 0.15) is 49.1 Å². The minimum atomic E-state index is -3.64. The molecule has 0 radical (unpaired) electrons. The minimum Gasteiger partial charge on any atom is -0.438 e. The van der Waals surface area contributed by atoms with E-state index in [-0.39, 0.29) is 22.8 Å². The molecule has 7 heteroatoms. The van der Waals surface area contributed by atoms with Crippen LogP contribution >= 0.6 is 0 Å². The molecule has 1 aliphatic rings. The van der Waals surface area contributed by atoms with E-state index in [1.165, 1.54) is 39.1 Å². The van der Waals surface area contributed by atoms with Crippen LogP contribution in [-0.2, 0) is 10.0 Å². The van der Waals surface area contributed by atoms with E-state index < -0.39 is 10.0 Å². The summed E-state index contributed by atoms with van der Waals surface area (Å²) in [4.78, 5) is 12.1. The molecule has 1 fully saturated rings. The van der Waals surface area contributed by atoms with E-state index in [2.05, 4.69) is 5.32 Å². The summed E-state index contributed by atoms with van der Waals surface area (Å²) in [6, 6.07) is 2.87. The van der Waals surface area contributed by atoms with Gasteiger partial charge >= 0.3 is 0 Å². The van der Waals surface area contributed by atoms with Crippen molar-refractivity contribution in [3.8, 4) is 0 Å². The smallest absolute Gasteiger partial charge is 0.287 e. The lowest BCUT2D eigenvalue weighted by Gasteiger charge is -2.15. The molecule has 0 unspecified atom stereocenters. The number of furan rings is 1. The van der Waals surface area contributed by atoms with E-state index in [1.807, 2.05) is 0 Å². The fourth-order valence-electron chi connectivity index (χ4n) is 2.44. The molecule has 2 rings (SSSR count). The van der Waals surface area contributed by atoms with Crippen LogP contribution in [0, 0.1) is 0 Å². The first-order chi connectivity index (χ1) is 9.91. The molecule has 1 N–H and O–H groups in total. The van der Waals surface area contributed by atoms with Crippen molar-refractivity contribution in [2.75, 3.05) is 14.1 Å². The van der Waals surface area contributed by atoms with Crippen LogP contribution in [0.4, 0.5) is 0 Å². The number of nitrogens with one attached hydrogen (secondary N) is 1. The highest BCUT2D eigenvalue weighted by Crippen LogP contribution is 2.19. The highest BCUT2D eigenvalue weighted by Gasteiger charge is 2.24. The van der Waals surface area contributed by atoms with E-state index in [9.17, 15) is 13.2 Å². The monoisotopic (exact) mass is 314 g/mol. The Morgan fingerprint density at radius 1 is 1.19 bits per heavy atom. The van der Waals surface area contributed by atoms with Crippen molar-refractivity contribution in [3.63, 3.8) is 0 Å². The van der Waals surface area contributed by atoms with Gasteiger partial charge in [-0.25, -0.2) is 12.7 Å². The van der Waals surface area contributed by atoms with E-state index in [0.29, 0.717) is 0 Å². The lowest BCUT2D eigenvalue weighted by molar-refractivity contribution is 0.0899. The quantitative estimate of drug-likeness (QED) is 0.862. The molecule has 0 aliphatic heterocycles. The minimum absolute atomic E-state index is 0.0414. The van der Waals surface area contributed by atoms with Crippen LogP contribution in [0.25, 0.3) is 0 Å². The second-order valence-corrected chi connectivity index (χ2v) is 7.65. The maximum atomic E-state index is 12.1. The molecule has 0 aromatic carbocycles. The number of hydrogen-bond donors (Lipinski definition) is 1. The zero-order chi connectivity index (χ0) is 15.5. The topological polar surface area (TPSA) is 79.6 Å². The highest BCUT2D eigenvalue weighted by atomic mass is 32.2. The second kappa shape index (κ2) is 6.62. The van der Waals surface area contributed by atoms with Gasteiger partial charge in [-0.2, -0.15) is 0 Å². The number of rotatable bonds is 4. The summed E-state index contributed by atoms with van der Waals surface area (Å²) < 4.78 is 30.1. The normalized spacial score (nSPS) is 17.7. The molecule has 0 spiro atoms. The Labute approximate surface area is 125 Å². The van der Waals surface area contributed by atoms with Gasteiger partial charge in [0.15, 0.2) is 5.76 Å². The van der Waals surface area contributed by atoms with E-state index >= 15 is 0 Å². The maximum absolute atomic E-state index is 12.1. The molecule has 1 aliphatic carbocycles. The summed E-state index contributed by atoms with van der Waals surface area (Å²) in [6.45, 7) is 0. The summed E-state index contributed by atoms with van der Waals surface area (Å²) in [5, 5.41) is 2.72. The highest BCUT2D eigenvalue weighted by molar-refractivity contribution is 7.88. The van der Waals surface area contributed by atoms with Crippen molar-refractivity contribution in [2.45, 2.75) is 49.7 Å². The zero-order valence-electron chi connectivity index (χ0n) is 12.5. The third-order valence-corrected chi connectivity index (χ3v) is 5.42. The van der Waals surface area contributed by atoms with E-state index in [1.54, 1.807) is 0 Å². The molecule has 21 heavy (non-hydrogen) atoms. The Balaban J connectivity index is 2.05. The fourth-order valence-corrected chi connectivity index (χ4v) is 3.24. The van der Waals surface area contributed by atoms with Gasteiger partial charge in [0.1, 0.15) is 0 Å². The van der Waals surface area contributed by atoms with Gasteiger partial charge in [-0.3, -0.25) is 4.79 Å². The largest absolute Gasteiger partial charge is 0.438 e. The second-order valence-electron chi connectivity index (χ2n) is 5.57. The summed E-state index contributed by atoms with van der Waals surface area (Å²) in [6.07, 6.45) is 6.58. The number of carbonyl (C=O) groups is 1. The Morgan fingerprint density at radius 3 is 2.38 bits per heavy atom. The lowest BCUT2D eigenvalue weighted by Crippen LogP contribution is -2.34. The summed E-state index contributed by atoms with van der Waals surface area (Å²) in [7, 11) is -0.802. The molecule has 1 heterocycles. The van der Waals surface area contributed by atoms with Gasteiger partial charge in [0.2, 0.25) is 5.09 Å². The summed E-state index contributed by atoms with van der Waals surface area (Å²) >= 11 is 0. The van der Waals surface area contributed by atoms with Crippen LogP contribution in [0.5, 0.6) is 0 Å². The van der Waals surface area contributed by atoms with Gasteiger partial charge in [0.25, 0.3) is 15.9 Å². The van der Waals surface area contributed by atoms with Gasteiger partial charge in [-0.15, -0.1) is 0 Å². The lowest BCUT2D eigenvalue weighted by atomic mass is 10.1. The fraction of sp³-hybridized carbons (Fsp3) is 0.643. The van der Waals surface area contributed by atoms with Gasteiger partial charge in [0.05, 0.1) is 0 Å². The number of nitrogens with zero attached hydrogens (tertiary/aromatic N) is 1. The molecule has 0 saturated heterocycles. The van der Waals surface area contributed by atoms with Crippen molar-refractivity contribution in [2.24, 2.45) is 0 Å². The average Bonchev–Trinajstić information content (AvgIpc) is 2.80. The van der Waals surface area contributed by atoms with E-state index in [4.69, 9.17) is 4.42 Å². The van der Waals surface area contributed by atoms with Crippen LogP contribution in [0.3, 0.4) is 0 Å². The first-order valence-corrected chi connectivity index (χ1v) is 8.68. The Hall–Kier alpha value is -1.34. The molecular formula is C14H22N2O4S. The number of hydrogen-bond acceptors (Lipinski definition) is 4. The zero-order valence-corrected chi connectivity index (χ0v) is 13.3. The number of amides is 1. The number of sulfonamides is 1. The molecule has 1 aromatic rings.